The van der Waals surface area contributed by atoms with Gasteiger partial charge >= 0.3 is 0 Å². The van der Waals surface area contributed by atoms with Crippen molar-refractivity contribution in [2.75, 3.05) is 13.2 Å². The topological polar surface area (TPSA) is 89.7 Å². The van der Waals surface area contributed by atoms with Gasteiger partial charge in [0.15, 0.2) is 5.65 Å². The average molecular weight is 193 g/mol. The van der Waals surface area contributed by atoms with Crippen molar-refractivity contribution in [2.45, 2.75) is 6.42 Å². The normalized spacial score (nSPS) is 10.6. The van der Waals surface area contributed by atoms with E-state index in [2.05, 4.69) is 19.9 Å². The van der Waals surface area contributed by atoms with E-state index in [9.17, 15) is 0 Å². The van der Waals surface area contributed by atoms with Crippen molar-refractivity contribution in [1.29, 1.82) is 0 Å². The van der Waals surface area contributed by atoms with Crippen LogP contribution >= 0.6 is 0 Å². The minimum Gasteiger partial charge on any atom is -0.476 e. The second-order valence-electron chi connectivity index (χ2n) is 2.77. The molecule has 0 spiro atoms. The Balaban J connectivity index is 2.19. The molecule has 0 atom stereocenters. The average Bonchev–Trinajstić information content (AvgIpc) is 2.67. The number of hydrogen-bond acceptors (Lipinski definition) is 5. The lowest BCUT2D eigenvalue weighted by Gasteiger charge is -2.03. The van der Waals surface area contributed by atoms with Gasteiger partial charge in [0.25, 0.3) is 0 Å². The fraction of sp³-hybridized carbons (Fsp3) is 0.375. The Kier molecular flexibility index (Phi) is 2.55. The number of rotatable bonds is 4. The number of imidazole rings is 1. The molecule has 0 saturated carbocycles. The van der Waals surface area contributed by atoms with Crippen LogP contribution in [0.5, 0.6) is 5.88 Å². The summed E-state index contributed by atoms with van der Waals surface area (Å²) >= 11 is 0. The van der Waals surface area contributed by atoms with Crippen LogP contribution in [-0.4, -0.2) is 33.1 Å². The second kappa shape index (κ2) is 4.01. The highest BCUT2D eigenvalue weighted by Gasteiger charge is 2.05. The van der Waals surface area contributed by atoms with Gasteiger partial charge in [-0.15, -0.1) is 0 Å². The number of nitrogens with zero attached hydrogens (tertiary/aromatic N) is 3. The summed E-state index contributed by atoms with van der Waals surface area (Å²) in [6.07, 6.45) is 3.80. The quantitative estimate of drug-likeness (QED) is 0.671. The summed E-state index contributed by atoms with van der Waals surface area (Å²) in [5.41, 5.74) is 6.69. The van der Waals surface area contributed by atoms with Crippen LogP contribution in [-0.2, 0) is 0 Å². The van der Waals surface area contributed by atoms with Gasteiger partial charge in [0.1, 0.15) is 11.8 Å². The van der Waals surface area contributed by atoms with Gasteiger partial charge in [-0.05, 0) is 13.0 Å². The van der Waals surface area contributed by atoms with E-state index in [1.54, 1.807) is 6.33 Å². The Bertz CT molecular complexity index is 413. The van der Waals surface area contributed by atoms with E-state index in [-0.39, 0.29) is 0 Å². The van der Waals surface area contributed by atoms with Crippen molar-refractivity contribution in [3.05, 3.63) is 12.7 Å². The number of ether oxygens (including phenoxy) is 1. The van der Waals surface area contributed by atoms with Gasteiger partial charge in [0, 0.05) is 0 Å². The van der Waals surface area contributed by atoms with E-state index in [1.807, 2.05) is 0 Å². The van der Waals surface area contributed by atoms with Crippen molar-refractivity contribution in [1.82, 2.24) is 19.9 Å². The Morgan fingerprint density at radius 3 is 3.14 bits per heavy atom. The standard InChI is InChI=1S/C8H11N5O/c9-2-1-3-14-8-6-7(11-4-10-6)12-5-13-8/h4-5H,1-3,9H2,(H,10,11,12,13). The van der Waals surface area contributed by atoms with Crippen molar-refractivity contribution >= 4 is 11.2 Å². The summed E-state index contributed by atoms with van der Waals surface area (Å²) in [4.78, 5) is 14.9. The smallest absolute Gasteiger partial charge is 0.243 e. The van der Waals surface area contributed by atoms with Gasteiger partial charge in [-0.1, -0.05) is 0 Å². The van der Waals surface area contributed by atoms with Gasteiger partial charge in [-0.2, -0.15) is 4.98 Å². The Morgan fingerprint density at radius 2 is 2.29 bits per heavy atom. The van der Waals surface area contributed by atoms with E-state index in [0.29, 0.717) is 24.7 Å². The molecule has 6 heteroatoms. The molecule has 0 aliphatic heterocycles. The Morgan fingerprint density at radius 1 is 1.36 bits per heavy atom. The first-order chi connectivity index (χ1) is 6.92. The maximum Gasteiger partial charge on any atom is 0.243 e. The molecule has 0 aromatic carbocycles. The molecule has 2 rings (SSSR count). The molecule has 74 valence electrons. The third-order valence-corrected chi connectivity index (χ3v) is 1.78. The highest BCUT2D eigenvalue weighted by atomic mass is 16.5. The summed E-state index contributed by atoms with van der Waals surface area (Å²) < 4.78 is 5.42. The molecule has 2 aromatic heterocycles. The monoisotopic (exact) mass is 193 g/mol. The van der Waals surface area contributed by atoms with E-state index in [1.165, 1.54) is 6.33 Å². The molecule has 2 heterocycles. The minimum absolute atomic E-state index is 0.529. The lowest BCUT2D eigenvalue weighted by molar-refractivity contribution is 0.304. The predicted molar refractivity (Wildman–Crippen MR) is 50.9 cm³/mol. The van der Waals surface area contributed by atoms with Crippen LogP contribution in [0, 0.1) is 0 Å². The van der Waals surface area contributed by atoms with Crippen molar-refractivity contribution in [3.8, 4) is 5.88 Å². The van der Waals surface area contributed by atoms with Gasteiger partial charge in [-0.25, -0.2) is 9.97 Å². The van der Waals surface area contributed by atoms with Crippen molar-refractivity contribution < 1.29 is 4.74 Å². The van der Waals surface area contributed by atoms with E-state index < -0.39 is 0 Å². The molecule has 0 aliphatic carbocycles. The van der Waals surface area contributed by atoms with Crippen LogP contribution in [0.25, 0.3) is 11.2 Å². The van der Waals surface area contributed by atoms with Gasteiger partial charge in [0.05, 0.1) is 12.9 Å². The fourth-order valence-corrected chi connectivity index (χ4v) is 1.10. The summed E-state index contributed by atoms with van der Waals surface area (Å²) in [5, 5.41) is 0. The highest BCUT2D eigenvalue weighted by Crippen LogP contribution is 2.16. The highest BCUT2D eigenvalue weighted by molar-refractivity contribution is 5.74. The number of aromatic nitrogens is 4. The zero-order valence-corrected chi connectivity index (χ0v) is 7.60. The number of H-pyrrole nitrogens is 1. The summed E-state index contributed by atoms with van der Waals surface area (Å²) in [6.45, 7) is 1.17. The number of hydrogen-bond donors (Lipinski definition) is 2. The van der Waals surface area contributed by atoms with E-state index in [4.69, 9.17) is 10.5 Å². The number of aromatic amines is 1. The molecule has 14 heavy (non-hydrogen) atoms. The molecule has 0 fully saturated rings. The molecular weight excluding hydrogens is 182 g/mol. The number of nitrogens with two attached hydrogens (primary N) is 1. The van der Waals surface area contributed by atoms with Gasteiger partial charge < -0.3 is 15.5 Å². The maximum atomic E-state index is 5.42. The van der Waals surface area contributed by atoms with Crippen molar-refractivity contribution in [2.24, 2.45) is 5.73 Å². The lowest BCUT2D eigenvalue weighted by Crippen LogP contribution is -2.07. The first kappa shape index (κ1) is 8.89. The Labute approximate surface area is 80.5 Å². The molecule has 6 nitrogen and oxygen atoms in total. The minimum atomic E-state index is 0.529. The van der Waals surface area contributed by atoms with Gasteiger partial charge in [-0.3, -0.25) is 0 Å². The molecule has 0 aliphatic rings. The first-order valence-electron chi connectivity index (χ1n) is 4.39. The van der Waals surface area contributed by atoms with Crippen LogP contribution in [0.2, 0.25) is 0 Å². The van der Waals surface area contributed by atoms with Crippen LogP contribution < -0.4 is 10.5 Å². The molecule has 0 saturated heterocycles. The zero-order valence-electron chi connectivity index (χ0n) is 7.60. The molecule has 0 unspecified atom stereocenters. The Hall–Kier alpha value is -1.69. The van der Waals surface area contributed by atoms with Gasteiger partial charge in [0.2, 0.25) is 5.88 Å². The molecular formula is C8H11N5O. The molecule has 3 N–H and O–H groups in total. The third kappa shape index (κ3) is 1.64. The largest absolute Gasteiger partial charge is 0.476 e. The molecule has 2 aromatic rings. The summed E-state index contributed by atoms with van der Waals surface area (Å²) in [6, 6.07) is 0. The van der Waals surface area contributed by atoms with Crippen LogP contribution in [0.1, 0.15) is 6.42 Å². The number of fused-ring (bicyclic) bond motifs is 1. The predicted octanol–water partition coefficient (Wildman–Crippen LogP) is 0.0805. The SMILES string of the molecule is NCCCOc1ncnc2nc[nH]c12. The van der Waals surface area contributed by atoms with Crippen LogP contribution in [0.15, 0.2) is 12.7 Å². The first-order valence-corrected chi connectivity index (χ1v) is 4.39. The zero-order chi connectivity index (χ0) is 9.80. The summed E-state index contributed by atoms with van der Waals surface area (Å²) in [7, 11) is 0. The van der Waals surface area contributed by atoms with Crippen molar-refractivity contribution in [3.63, 3.8) is 0 Å². The maximum absolute atomic E-state index is 5.42. The molecule has 0 bridgehead atoms. The van der Waals surface area contributed by atoms with E-state index >= 15 is 0 Å². The molecule has 0 amide bonds. The van der Waals surface area contributed by atoms with Crippen LogP contribution in [0.3, 0.4) is 0 Å². The third-order valence-electron chi connectivity index (χ3n) is 1.78. The number of nitrogens with one attached hydrogen (secondary N) is 1. The second-order valence-corrected chi connectivity index (χ2v) is 2.77. The molecule has 0 radical (unpaired) electrons. The van der Waals surface area contributed by atoms with Crippen LogP contribution in [0.4, 0.5) is 0 Å². The fourth-order valence-electron chi connectivity index (χ4n) is 1.10. The lowest BCUT2D eigenvalue weighted by atomic mass is 10.4. The van der Waals surface area contributed by atoms with E-state index in [0.717, 1.165) is 11.9 Å². The summed E-state index contributed by atoms with van der Waals surface area (Å²) in [5.74, 6) is 0.529.